The number of alkyl carbamates (subject to hydrolysis) is 1. The summed E-state index contributed by atoms with van der Waals surface area (Å²) in [6.07, 6.45) is -0.0741. The summed E-state index contributed by atoms with van der Waals surface area (Å²) in [6.45, 7) is 7.31. The number of hydrogen-bond acceptors (Lipinski definition) is 4. The van der Waals surface area contributed by atoms with Gasteiger partial charge in [-0.15, -0.1) is 0 Å². The van der Waals surface area contributed by atoms with Crippen molar-refractivity contribution in [1.82, 2.24) is 10.6 Å². The van der Waals surface area contributed by atoms with E-state index in [1.807, 2.05) is 50.2 Å². The molecule has 1 aliphatic carbocycles. The minimum absolute atomic E-state index is 0.0867. The molecular weight excluding hydrogens is 420 g/mol. The third-order valence-corrected chi connectivity index (χ3v) is 6.34. The molecule has 176 valence electrons. The molecule has 0 aromatic heterocycles. The lowest BCUT2D eigenvalue weighted by Crippen LogP contribution is -2.55. The standard InChI is InChI=1S/C26H32N2O5/c1-5-16(4)23(24(29)27-22(15(2)3)25(30)31)28-26(32)33-14-21-19-12-8-6-10-17(19)18-11-7-9-13-20(18)21/h6-13,15-16,21-23H,5,14H2,1-4H3,(H,27,29)(H,28,32)(H,30,31)/t16?,22?,23-/m0/s1. The van der Waals surface area contributed by atoms with Crippen molar-refractivity contribution in [3.63, 3.8) is 0 Å². The highest BCUT2D eigenvalue weighted by Gasteiger charge is 2.33. The largest absolute Gasteiger partial charge is 0.480 e. The Balaban J connectivity index is 1.69. The van der Waals surface area contributed by atoms with Crippen molar-refractivity contribution in [3.05, 3.63) is 59.7 Å². The number of carboxylic acids is 1. The predicted octanol–water partition coefficient (Wildman–Crippen LogP) is 4.17. The van der Waals surface area contributed by atoms with Crippen LogP contribution in [0.1, 0.15) is 51.2 Å². The number of aliphatic carboxylic acids is 1. The molecule has 3 N–H and O–H groups in total. The predicted molar refractivity (Wildman–Crippen MR) is 126 cm³/mol. The van der Waals surface area contributed by atoms with E-state index in [2.05, 4.69) is 22.8 Å². The molecule has 0 fully saturated rings. The summed E-state index contributed by atoms with van der Waals surface area (Å²) in [6, 6.07) is 14.2. The van der Waals surface area contributed by atoms with Gasteiger partial charge in [0.1, 0.15) is 18.7 Å². The molecular formula is C26H32N2O5. The highest BCUT2D eigenvalue weighted by molar-refractivity contribution is 5.89. The normalized spacial score (nSPS) is 15.2. The number of ether oxygens (including phenoxy) is 1. The third kappa shape index (κ3) is 5.35. The molecule has 2 aromatic carbocycles. The Morgan fingerprint density at radius 3 is 1.94 bits per heavy atom. The second kappa shape index (κ2) is 10.5. The van der Waals surface area contributed by atoms with Crippen LogP contribution in [0.25, 0.3) is 11.1 Å². The van der Waals surface area contributed by atoms with Gasteiger partial charge in [0.05, 0.1) is 0 Å². The van der Waals surface area contributed by atoms with Crippen molar-refractivity contribution in [2.24, 2.45) is 11.8 Å². The number of carbonyl (C=O) groups excluding carboxylic acids is 2. The van der Waals surface area contributed by atoms with Crippen LogP contribution in [0.4, 0.5) is 4.79 Å². The first-order valence-electron chi connectivity index (χ1n) is 11.4. The zero-order chi connectivity index (χ0) is 24.1. The van der Waals surface area contributed by atoms with E-state index in [1.54, 1.807) is 13.8 Å². The summed E-state index contributed by atoms with van der Waals surface area (Å²) in [5, 5.41) is 14.6. The summed E-state index contributed by atoms with van der Waals surface area (Å²) in [4.78, 5) is 37.0. The molecule has 2 unspecified atom stereocenters. The van der Waals surface area contributed by atoms with Crippen LogP contribution in [0.3, 0.4) is 0 Å². The van der Waals surface area contributed by atoms with E-state index in [0.717, 1.165) is 22.3 Å². The summed E-state index contributed by atoms with van der Waals surface area (Å²) in [5.74, 6) is -2.22. The molecule has 1 aliphatic rings. The number of benzene rings is 2. The number of fused-ring (bicyclic) bond motifs is 3. The van der Waals surface area contributed by atoms with E-state index in [9.17, 15) is 19.5 Å². The lowest BCUT2D eigenvalue weighted by molar-refractivity contribution is -0.143. The molecule has 2 aromatic rings. The van der Waals surface area contributed by atoms with Crippen molar-refractivity contribution in [1.29, 1.82) is 0 Å². The van der Waals surface area contributed by atoms with Gasteiger partial charge in [0.25, 0.3) is 0 Å². The molecule has 0 saturated heterocycles. The van der Waals surface area contributed by atoms with Crippen LogP contribution in [0.5, 0.6) is 0 Å². The Morgan fingerprint density at radius 2 is 1.45 bits per heavy atom. The third-order valence-electron chi connectivity index (χ3n) is 6.34. The Kier molecular flexibility index (Phi) is 7.74. The topological polar surface area (TPSA) is 105 Å². The minimum atomic E-state index is -1.11. The fraction of sp³-hybridized carbons (Fsp3) is 0.423. The van der Waals surface area contributed by atoms with E-state index in [1.165, 1.54) is 0 Å². The molecule has 0 aliphatic heterocycles. The second-order valence-corrected chi connectivity index (χ2v) is 8.90. The van der Waals surface area contributed by atoms with Crippen LogP contribution in [0.15, 0.2) is 48.5 Å². The summed E-state index contributed by atoms with van der Waals surface area (Å²) < 4.78 is 5.57. The number of amides is 2. The maximum Gasteiger partial charge on any atom is 0.407 e. The van der Waals surface area contributed by atoms with E-state index >= 15 is 0 Å². The van der Waals surface area contributed by atoms with Crippen molar-refractivity contribution >= 4 is 18.0 Å². The monoisotopic (exact) mass is 452 g/mol. The molecule has 0 bridgehead atoms. The lowest BCUT2D eigenvalue weighted by atomic mass is 9.97. The molecule has 7 nitrogen and oxygen atoms in total. The summed E-state index contributed by atoms with van der Waals surface area (Å²) in [7, 11) is 0. The van der Waals surface area contributed by atoms with Gasteiger partial charge in [-0.25, -0.2) is 9.59 Å². The molecule has 0 radical (unpaired) electrons. The molecule has 3 rings (SSSR count). The Bertz CT molecular complexity index is 974. The first-order chi connectivity index (χ1) is 15.7. The highest BCUT2D eigenvalue weighted by Crippen LogP contribution is 2.44. The average Bonchev–Trinajstić information content (AvgIpc) is 3.12. The van der Waals surface area contributed by atoms with Gasteiger partial charge in [0, 0.05) is 5.92 Å². The molecule has 33 heavy (non-hydrogen) atoms. The molecule has 0 saturated carbocycles. The molecule has 3 atom stereocenters. The van der Waals surface area contributed by atoms with Gasteiger partial charge in [0.15, 0.2) is 0 Å². The van der Waals surface area contributed by atoms with Crippen molar-refractivity contribution < 1.29 is 24.2 Å². The van der Waals surface area contributed by atoms with Gasteiger partial charge in [-0.2, -0.15) is 0 Å². The molecule has 0 heterocycles. The minimum Gasteiger partial charge on any atom is -0.480 e. The summed E-state index contributed by atoms with van der Waals surface area (Å²) in [5.41, 5.74) is 4.47. The van der Waals surface area contributed by atoms with Gasteiger partial charge >= 0.3 is 12.1 Å². The van der Waals surface area contributed by atoms with Gasteiger partial charge in [-0.3, -0.25) is 4.79 Å². The molecule has 7 heteroatoms. The lowest BCUT2D eigenvalue weighted by Gasteiger charge is -2.26. The first-order valence-corrected chi connectivity index (χ1v) is 11.4. The van der Waals surface area contributed by atoms with Gasteiger partial charge in [-0.1, -0.05) is 82.6 Å². The quantitative estimate of drug-likeness (QED) is 0.530. The maximum absolute atomic E-state index is 12.8. The van der Waals surface area contributed by atoms with Crippen molar-refractivity contribution in [2.75, 3.05) is 6.61 Å². The Labute approximate surface area is 194 Å². The van der Waals surface area contributed by atoms with Crippen LogP contribution >= 0.6 is 0 Å². The van der Waals surface area contributed by atoms with Gasteiger partial charge < -0.3 is 20.5 Å². The van der Waals surface area contributed by atoms with E-state index in [-0.39, 0.29) is 24.4 Å². The van der Waals surface area contributed by atoms with Crippen LogP contribution < -0.4 is 10.6 Å². The maximum atomic E-state index is 12.8. The highest BCUT2D eigenvalue weighted by atomic mass is 16.5. The number of carbonyl (C=O) groups is 3. The number of carboxylic acid groups (broad SMARTS) is 1. The van der Waals surface area contributed by atoms with E-state index in [4.69, 9.17) is 4.74 Å². The van der Waals surface area contributed by atoms with E-state index < -0.39 is 30.1 Å². The van der Waals surface area contributed by atoms with Crippen LogP contribution in [-0.2, 0) is 14.3 Å². The Hall–Kier alpha value is -3.35. The molecule has 2 amide bonds. The number of nitrogens with one attached hydrogen (secondary N) is 2. The smallest absolute Gasteiger partial charge is 0.407 e. The van der Waals surface area contributed by atoms with Crippen molar-refractivity contribution in [2.45, 2.75) is 52.1 Å². The van der Waals surface area contributed by atoms with Gasteiger partial charge in [-0.05, 0) is 34.1 Å². The van der Waals surface area contributed by atoms with Gasteiger partial charge in [0.2, 0.25) is 5.91 Å². The number of rotatable bonds is 9. The Morgan fingerprint density at radius 1 is 0.909 bits per heavy atom. The second-order valence-electron chi connectivity index (χ2n) is 8.90. The zero-order valence-corrected chi connectivity index (χ0v) is 19.5. The molecule has 0 spiro atoms. The fourth-order valence-electron chi connectivity index (χ4n) is 4.23. The first kappa shape index (κ1) is 24.3. The van der Waals surface area contributed by atoms with Crippen LogP contribution in [-0.4, -0.2) is 41.8 Å². The zero-order valence-electron chi connectivity index (χ0n) is 19.5. The van der Waals surface area contributed by atoms with Crippen LogP contribution in [0.2, 0.25) is 0 Å². The van der Waals surface area contributed by atoms with Crippen LogP contribution in [0, 0.1) is 11.8 Å². The van der Waals surface area contributed by atoms with E-state index in [0.29, 0.717) is 6.42 Å². The number of hydrogen-bond donors (Lipinski definition) is 3. The SMILES string of the molecule is CCC(C)[C@H](NC(=O)OCC1c2ccccc2-c2ccccc21)C(=O)NC(C(=O)O)C(C)C. The summed E-state index contributed by atoms with van der Waals surface area (Å²) >= 11 is 0. The fourth-order valence-corrected chi connectivity index (χ4v) is 4.23. The van der Waals surface area contributed by atoms with Crippen molar-refractivity contribution in [3.8, 4) is 11.1 Å². The average molecular weight is 453 g/mol.